The van der Waals surface area contributed by atoms with Crippen LogP contribution in [-0.4, -0.2) is 49.5 Å². The molecule has 1 aromatic heterocycles. The van der Waals surface area contributed by atoms with Gasteiger partial charge in [-0.3, -0.25) is 9.78 Å². The number of anilines is 1. The van der Waals surface area contributed by atoms with Gasteiger partial charge in [-0.05, 0) is 25.0 Å². The monoisotopic (exact) mass is 303 g/mol. The molecule has 1 N–H and O–H groups in total. The van der Waals surface area contributed by atoms with Gasteiger partial charge >= 0.3 is 0 Å². The van der Waals surface area contributed by atoms with Gasteiger partial charge in [0.25, 0.3) is 5.56 Å². The van der Waals surface area contributed by atoms with Gasteiger partial charge in [0.2, 0.25) is 5.95 Å². The summed E-state index contributed by atoms with van der Waals surface area (Å²) >= 11 is 0. The van der Waals surface area contributed by atoms with Gasteiger partial charge in [0.05, 0.1) is 30.2 Å². The molecular weight excluding hydrogens is 282 g/mol. The molecule has 6 heteroatoms. The minimum Gasteiger partial charge on any atom is -0.382 e. The van der Waals surface area contributed by atoms with E-state index in [0.717, 1.165) is 31.4 Å². The molecule has 1 saturated heterocycles. The number of rotatable bonds is 5. The number of ether oxygens (including phenoxy) is 2. The Morgan fingerprint density at radius 1 is 1.27 bits per heavy atom. The standard InChI is InChI=1S/C16H21N3O3/c1-21-10-11-22-12-6-8-19(9-7-12)16-17-14-5-3-2-4-13(14)15(20)18-16/h2-5,12H,6-11H2,1H3,(H,17,18,20). The number of fused-ring (bicyclic) bond motifs is 1. The van der Waals surface area contributed by atoms with Crippen molar-refractivity contribution in [3.05, 3.63) is 34.6 Å². The van der Waals surface area contributed by atoms with E-state index < -0.39 is 0 Å². The smallest absolute Gasteiger partial charge is 0.260 e. The van der Waals surface area contributed by atoms with E-state index in [4.69, 9.17) is 9.47 Å². The lowest BCUT2D eigenvalue weighted by Gasteiger charge is -2.32. The van der Waals surface area contributed by atoms with Gasteiger partial charge in [-0.15, -0.1) is 0 Å². The molecule has 22 heavy (non-hydrogen) atoms. The Morgan fingerprint density at radius 2 is 2.05 bits per heavy atom. The second-order valence-corrected chi connectivity index (χ2v) is 5.46. The van der Waals surface area contributed by atoms with Gasteiger partial charge in [-0.1, -0.05) is 12.1 Å². The Balaban J connectivity index is 1.67. The molecule has 3 rings (SSSR count). The number of nitrogens with one attached hydrogen (secondary N) is 1. The molecule has 1 fully saturated rings. The van der Waals surface area contributed by atoms with Crippen LogP contribution in [0.5, 0.6) is 0 Å². The maximum atomic E-state index is 12.1. The summed E-state index contributed by atoms with van der Waals surface area (Å²) in [6.07, 6.45) is 2.12. The molecule has 0 spiro atoms. The summed E-state index contributed by atoms with van der Waals surface area (Å²) in [6.45, 7) is 2.92. The summed E-state index contributed by atoms with van der Waals surface area (Å²) in [6, 6.07) is 7.41. The third kappa shape index (κ3) is 3.28. The highest BCUT2D eigenvalue weighted by Crippen LogP contribution is 2.19. The molecule has 2 aromatic rings. The topological polar surface area (TPSA) is 67.5 Å². The zero-order chi connectivity index (χ0) is 15.4. The van der Waals surface area contributed by atoms with E-state index in [9.17, 15) is 4.79 Å². The van der Waals surface area contributed by atoms with Crippen LogP contribution in [-0.2, 0) is 9.47 Å². The molecule has 0 atom stereocenters. The Bertz CT molecular complexity index is 678. The van der Waals surface area contributed by atoms with Crippen LogP contribution in [0.3, 0.4) is 0 Å². The highest BCUT2D eigenvalue weighted by atomic mass is 16.5. The number of hydrogen-bond donors (Lipinski definition) is 1. The van der Waals surface area contributed by atoms with Crippen LogP contribution < -0.4 is 10.5 Å². The van der Waals surface area contributed by atoms with E-state index in [2.05, 4.69) is 14.9 Å². The average molecular weight is 303 g/mol. The predicted molar refractivity (Wildman–Crippen MR) is 85.4 cm³/mol. The average Bonchev–Trinajstić information content (AvgIpc) is 2.56. The number of aromatic nitrogens is 2. The first-order valence-corrected chi connectivity index (χ1v) is 7.62. The van der Waals surface area contributed by atoms with Gasteiger partial charge in [0, 0.05) is 20.2 Å². The number of nitrogens with zero attached hydrogens (tertiary/aromatic N) is 2. The molecule has 1 aliphatic rings. The molecule has 118 valence electrons. The fourth-order valence-electron chi connectivity index (χ4n) is 2.76. The van der Waals surface area contributed by atoms with Crippen molar-refractivity contribution in [2.45, 2.75) is 18.9 Å². The maximum Gasteiger partial charge on any atom is 0.260 e. The molecule has 0 unspecified atom stereocenters. The number of H-pyrrole nitrogens is 1. The van der Waals surface area contributed by atoms with Crippen LogP contribution in [0.25, 0.3) is 10.9 Å². The SMILES string of the molecule is COCCOC1CCN(c2nc3ccccc3c(=O)[nH]2)CC1. The van der Waals surface area contributed by atoms with Gasteiger partial charge < -0.3 is 14.4 Å². The first-order chi connectivity index (χ1) is 10.8. The molecule has 0 amide bonds. The van der Waals surface area contributed by atoms with E-state index in [-0.39, 0.29) is 11.7 Å². The fraction of sp³-hybridized carbons (Fsp3) is 0.500. The van der Waals surface area contributed by atoms with Gasteiger partial charge in [-0.2, -0.15) is 0 Å². The predicted octanol–water partition coefficient (Wildman–Crippen LogP) is 1.55. The summed E-state index contributed by atoms with van der Waals surface area (Å²) in [5.41, 5.74) is 0.652. The largest absolute Gasteiger partial charge is 0.382 e. The Hall–Kier alpha value is -1.92. The van der Waals surface area contributed by atoms with Gasteiger partial charge in [-0.25, -0.2) is 4.98 Å². The zero-order valence-electron chi connectivity index (χ0n) is 12.7. The third-order valence-corrected chi connectivity index (χ3v) is 3.98. The lowest BCUT2D eigenvalue weighted by atomic mass is 10.1. The molecule has 2 heterocycles. The van der Waals surface area contributed by atoms with Crippen molar-refractivity contribution in [3.8, 4) is 0 Å². The zero-order valence-corrected chi connectivity index (χ0v) is 12.7. The number of benzene rings is 1. The number of methoxy groups -OCH3 is 1. The van der Waals surface area contributed by atoms with E-state index in [0.29, 0.717) is 24.5 Å². The summed E-state index contributed by atoms with van der Waals surface area (Å²) in [4.78, 5) is 21.7. The second kappa shape index (κ2) is 6.89. The molecule has 0 bridgehead atoms. The Kier molecular flexibility index (Phi) is 4.70. The van der Waals surface area contributed by atoms with Crippen molar-refractivity contribution in [2.24, 2.45) is 0 Å². The highest BCUT2D eigenvalue weighted by Gasteiger charge is 2.21. The van der Waals surface area contributed by atoms with Crippen molar-refractivity contribution in [3.63, 3.8) is 0 Å². The second-order valence-electron chi connectivity index (χ2n) is 5.46. The maximum absolute atomic E-state index is 12.1. The third-order valence-electron chi connectivity index (χ3n) is 3.98. The summed E-state index contributed by atoms with van der Waals surface area (Å²) < 4.78 is 10.7. The van der Waals surface area contributed by atoms with Crippen LogP contribution in [0.2, 0.25) is 0 Å². The van der Waals surface area contributed by atoms with Crippen LogP contribution in [0.15, 0.2) is 29.1 Å². The first kappa shape index (κ1) is 15.0. The molecule has 6 nitrogen and oxygen atoms in total. The molecule has 0 aliphatic carbocycles. The van der Waals surface area contributed by atoms with Gasteiger partial charge in [0.15, 0.2) is 0 Å². The van der Waals surface area contributed by atoms with Crippen molar-refractivity contribution >= 4 is 16.9 Å². The minimum atomic E-state index is -0.0842. The number of piperidine rings is 1. The van der Waals surface area contributed by atoms with Crippen LogP contribution in [0.1, 0.15) is 12.8 Å². The molecule has 0 radical (unpaired) electrons. The van der Waals surface area contributed by atoms with Crippen LogP contribution >= 0.6 is 0 Å². The number of aromatic amines is 1. The Morgan fingerprint density at radius 3 is 2.82 bits per heavy atom. The quantitative estimate of drug-likeness (QED) is 0.849. The molecule has 1 aliphatic heterocycles. The van der Waals surface area contributed by atoms with Crippen LogP contribution in [0, 0.1) is 0 Å². The van der Waals surface area contributed by atoms with Crippen LogP contribution in [0.4, 0.5) is 5.95 Å². The molecule has 1 aromatic carbocycles. The summed E-state index contributed by atoms with van der Waals surface area (Å²) in [5.74, 6) is 0.652. The fourth-order valence-corrected chi connectivity index (χ4v) is 2.76. The van der Waals surface area contributed by atoms with Crippen molar-refractivity contribution in [1.29, 1.82) is 0 Å². The summed E-state index contributed by atoms with van der Waals surface area (Å²) in [5, 5.41) is 0.629. The van der Waals surface area contributed by atoms with E-state index in [1.54, 1.807) is 13.2 Å². The lowest BCUT2D eigenvalue weighted by Crippen LogP contribution is -2.39. The van der Waals surface area contributed by atoms with Crippen molar-refractivity contribution < 1.29 is 9.47 Å². The summed E-state index contributed by atoms with van der Waals surface area (Å²) in [7, 11) is 1.67. The van der Waals surface area contributed by atoms with Crippen molar-refractivity contribution in [1.82, 2.24) is 9.97 Å². The van der Waals surface area contributed by atoms with E-state index in [1.807, 2.05) is 18.2 Å². The molecule has 0 saturated carbocycles. The number of para-hydroxylation sites is 1. The van der Waals surface area contributed by atoms with E-state index in [1.165, 1.54) is 0 Å². The normalized spacial score (nSPS) is 16.3. The number of hydrogen-bond acceptors (Lipinski definition) is 5. The van der Waals surface area contributed by atoms with E-state index >= 15 is 0 Å². The van der Waals surface area contributed by atoms with Gasteiger partial charge in [0.1, 0.15) is 0 Å². The minimum absolute atomic E-state index is 0.0842. The highest BCUT2D eigenvalue weighted by molar-refractivity contribution is 5.78. The molecular formula is C16H21N3O3. The lowest BCUT2D eigenvalue weighted by molar-refractivity contribution is 0.00598. The van der Waals surface area contributed by atoms with Crippen molar-refractivity contribution in [2.75, 3.05) is 38.3 Å². The first-order valence-electron chi connectivity index (χ1n) is 7.62. The Labute approximate surface area is 129 Å².